The van der Waals surface area contributed by atoms with E-state index in [0.29, 0.717) is 13.0 Å². The molecule has 1 heterocycles. The highest BCUT2D eigenvalue weighted by molar-refractivity contribution is 5.89. The van der Waals surface area contributed by atoms with Crippen molar-refractivity contribution >= 4 is 11.7 Å². The van der Waals surface area contributed by atoms with E-state index in [2.05, 4.69) is 29.6 Å². The van der Waals surface area contributed by atoms with Crippen molar-refractivity contribution in [3.63, 3.8) is 0 Å². The van der Waals surface area contributed by atoms with E-state index in [-0.39, 0.29) is 29.6 Å². The number of hydrogen-bond donors (Lipinski definition) is 2. The number of hydrogen-bond acceptors (Lipinski definition) is 3. The Labute approximate surface area is 147 Å². The highest BCUT2D eigenvalue weighted by Crippen LogP contribution is 2.53. The fourth-order valence-electron chi connectivity index (χ4n) is 4.86. The number of primary amides is 1. The van der Waals surface area contributed by atoms with E-state index < -0.39 is 5.41 Å². The molecule has 4 nitrogen and oxygen atoms in total. The summed E-state index contributed by atoms with van der Waals surface area (Å²) in [4.78, 5) is 24.9. The van der Waals surface area contributed by atoms with Gasteiger partial charge < -0.3 is 11.1 Å². The van der Waals surface area contributed by atoms with Crippen LogP contribution in [0, 0.1) is 11.3 Å². The van der Waals surface area contributed by atoms with Crippen LogP contribution in [-0.2, 0) is 16.0 Å². The number of Topliss-reactive ketones (excluding diaryl/α,β-unsaturated/α-hetero) is 1. The zero-order valence-corrected chi connectivity index (χ0v) is 14.2. The molecule has 4 unspecified atom stereocenters. The van der Waals surface area contributed by atoms with Crippen LogP contribution in [0.2, 0.25) is 0 Å². The number of carbonyl (C=O) groups is 2. The van der Waals surface area contributed by atoms with E-state index >= 15 is 0 Å². The number of nitrogens with one attached hydrogen (secondary N) is 1. The van der Waals surface area contributed by atoms with Gasteiger partial charge in [0.15, 0.2) is 0 Å². The Kier molecular flexibility index (Phi) is 3.73. The summed E-state index contributed by atoms with van der Waals surface area (Å²) in [5.74, 6) is -0.444. The lowest BCUT2D eigenvalue weighted by molar-refractivity contribution is -0.130. The van der Waals surface area contributed by atoms with Crippen LogP contribution in [0.15, 0.2) is 54.6 Å². The van der Waals surface area contributed by atoms with Gasteiger partial charge in [0.2, 0.25) is 5.91 Å². The Morgan fingerprint density at radius 1 is 1.08 bits per heavy atom. The average Bonchev–Trinajstić information content (AvgIpc) is 3.01. The van der Waals surface area contributed by atoms with Crippen molar-refractivity contribution in [2.75, 3.05) is 6.54 Å². The number of carbonyl (C=O) groups excluding carboxylic acids is 2. The molecule has 1 fully saturated rings. The summed E-state index contributed by atoms with van der Waals surface area (Å²) in [6.45, 7) is 2.05. The lowest BCUT2D eigenvalue weighted by atomic mass is 9.57. The van der Waals surface area contributed by atoms with Crippen LogP contribution < -0.4 is 11.1 Å². The first-order valence-electron chi connectivity index (χ1n) is 8.71. The van der Waals surface area contributed by atoms with Crippen LogP contribution in [0.25, 0.3) is 0 Å². The van der Waals surface area contributed by atoms with Crippen molar-refractivity contribution in [1.82, 2.24) is 5.32 Å². The van der Waals surface area contributed by atoms with Crippen LogP contribution in [0.4, 0.5) is 0 Å². The van der Waals surface area contributed by atoms with Crippen molar-refractivity contribution in [2.45, 2.75) is 25.3 Å². The van der Waals surface area contributed by atoms with Gasteiger partial charge in [-0.3, -0.25) is 9.59 Å². The molecule has 0 saturated carbocycles. The van der Waals surface area contributed by atoms with E-state index in [9.17, 15) is 9.59 Å². The van der Waals surface area contributed by atoms with Gasteiger partial charge in [-0.1, -0.05) is 54.6 Å². The van der Waals surface area contributed by atoms with E-state index in [1.54, 1.807) is 6.92 Å². The second-order valence-corrected chi connectivity index (χ2v) is 7.28. The standard InChI is InChI=1S/C21H22N2O2/c1-13(24)19-18-17(14-7-3-2-4-8-14)16-10-6-5-9-15(16)11-21(18,12-23-19)20(22)25/h2-10,17-19,23H,11-12H2,1H3,(H2,22,25). The van der Waals surface area contributed by atoms with Gasteiger partial charge in [0.25, 0.3) is 0 Å². The van der Waals surface area contributed by atoms with Crippen LogP contribution in [0.3, 0.4) is 0 Å². The van der Waals surface area contributed by atoms with Gasteiger partial charge in [-0.15, -0.1) is 0 Å². The lowest BCUT2D eigenvalue weighted by Gasteiger charge is -2.44. The summed E-state index contributed by atoms with van der Waals surface area (Å²) >= 11 is 0. The molecular weight excluding hydrogens is 312 g/mol. The Bertz CT molecular complexity index is 833. The normalized spacial score (nSPS) is 30.4. The lowest BCUT2D eigenvalue weighted by Crippen LogP contribution is -2.51. The molecule has 0 aromatic heterocycles. The maximum Gasteiger partial charge on any atom is 0.225 e. The highest BCUT2D eigenvalue weighted by atomic mass is 16.1. The van der Waals surface area contributed by atoms with Crippen molar-refractivity contribution in [2.24, 2.45) is 17.1 Å². The predicted molar refractivity (Wildman–Crippen MR) is 96.0 cm³/mol. The van der Waals surface area contributed by atoms with Crippen LogP contribution >= 0.6 is 0 Å². The van der Waals surface area contributed by atoms with Gasteiger partial charge in [0.1, 0.15) is 5.78 Å². The minimum absolute atomic E-state index is 0.0254. The molecule has 0 spiro atoms. The van der Waals surface area contributed by atoms with E-state index in [4.69, 9.17) is 5.73 Å². The third-order valence-corrected chi connectivity index (χ3v) is 5.98. The van der Waals surface area contributed by atoms with Crippen molar-refractivity contribution < 1.29 is 9.59 Å². The maximum atomic E-state index is 12.6. The molecule has 1 aliphatic carbocycles. The summed E-state index contributed by atoms with van der Waals surface area (Å²) in [7, 11) is 0. The van der Waals surface area contributed by atoms with E-state index in [1.807, 2.05) is 30.3 Å². The Hall–Kier alpha value is -2.46. The maximum absolute atomic E-state index is 12.6. The minimum atomic E-state index is -0.731. The summed E-state index contributed by atoms with van der Waals surface area (Å²) in [5, 5.41) is 3.30. The SMILES string of the molecule is CC(=O)C1NCC2(C(N)=O)Cc3ccccc3C(c3ccccc3)C12. The summed E-state index contributed by atoms with van der Waals surface area (Å²) < 4.78 is 0. The van der Waals surface area contributed by atoms with Crippen LogP contribution in [0.5, 0.6) is 0 Å². The third-order valence-electron chi connectivity index (χ3n) is 5.98. The first kappa shape index (κ1) is 16.0. The van der Waals surface area contributed by atoms with Gasteiger partial charge >= 0.3 is 0 Å². The fraction of sp³-hybridized carbons (Fsp3) is 0.333. The van der Waals surface area contributed by atoms with Gasteiger partial charge in [0.05, 0.1) is 11.5 Å². The number of ketones is 1. The van der Waals surface area contributed by atoms with Crippen LogP contribution in [-0.4, -0.2) is 24.3 Å². The average molecular weight is 334 g/mol. The molecular formula is C21H22N2O2. The fourth-order valence-corrected chi connectivity index (χ4v) is 4.86. The molecule has 4 atom stereocenters. The quantitative estimate of drug-likeness (QED) is 0.902. The van der Waals surface area contributed by atoms with Gasteiger partial charge in [0, 0.05) is 18.4 Å². The zero-order valence-electron chi connectivity index (χ0n) is 14.2. The summed E-state index contributed by atoms with van der Waals surface area (Å²) in [5.41, 5.74) is 8.66. The summed E-state index contributed by atoms with van der Waals surface area (Å²) in [6, 6.07) is 18.0. The Morgan fingerprint density at radius 2 is 1.76 bits per heavy atom. The molecule has 1 saturated heterocycles. The van der Waals surface area contributed by atoms with Gasteiger partial charge in [-0.25, -0.2) is 0 Å². The minimum Gasteiger partial charge on any atom is -0.369 e. The van der Waals surface area contributed by atoms with Gasteiger partial charge in [-0.2, -0.15) is 0 Å². The number of benzene rings is 2. The van der Waals surface area contributed by atoms with Crippen LogP contribution in [0.1, 0.15) is 29.5 Å². The molecule has 0 radical (unpaired) electrons. The number of nitrogens with two attached hydrogens (primary N) is 1. The smallest absolute Gasteiger partial charge is 0.225 e. The first-order valence-corrected chi connectivity index (χ1v) is 8.71. The Balaban J connectivity index is 1.97. The molecule has 2 aliphatic rings. The van der Waals surface area contributed by atoms with Crippen molar-refractivity contribution in [1.29, 1.82) is 0 Å². The monoisotopic (exact) mass is 334 g/mol. The number of rotatable bonds is 3. The van der Waals surface area contributed by atoms with Crippen molar-refractivity contribution in [3.8, 4) is 0 Å². The molecule has 4 rings (SSSR count). The van der Waals surface area contributed by atoms with Crippen molar-refractivity contribution in [3.05, 3.63) is 71.3 Å². The third kappa shape index (κ3) is 2.32. The Morgan fingerprint density at radius 3 is 2.44 bits per heavy atom. The molecule has 3 N–H and O–H groups in total. The molecule has 0 bridgehead atoms. The number of fused-ring (bicyclic) bond motifs is 2. The van der Waals surface area contributed by atoms with E-state index in [0.717, 1.165) is 11.1 Å². The second-order valence-electron chi connectivity index (χ2n) is 7.28. The zero-order chi connectivity index (χ0) is 17.6. The summed E-state index contributed by atoms with van der Waals surface area (Å²) in [6.07, 6.45) is 0.587. The molecule has 4 heteroatoms. The molecule has 1 aliphatic heterocycles. The first-order chi connectivity index (χ1) is 12.0. The number of amides is 1. The van der Waals surface area contributed by atoms with E-state index in [1.165, 1.54) is 5.56 Å². The largest absolute Gasteiger partial charge is 0.369 e. The molecule has 1 amide bonds. The topological polar surface area (TPSA) is 72.2 Å². The predicted octanol–water partition coefficient (Wildman–Crippen LogP) is 2.02. The van der Waals surface area contributed by atoms with Gasteiger partial charge in [-0.05, 0) is 30.0 Å². The highest BCUT2D eigenvalue weighted by Gasteiger charge is 2.59. The molecule has 2 aromatic carbocycles. The molecule has 25 heavy (non-hydrogen) atoms. The second kappa shape index (κ2) is 5.81. The molecule has 128 valence electrons. The molecule has 2 aromatic rings.